The van der Waals surface area contributed by atoms with Gasteiger partial charge in [0.15, 0.2) is 0 Å². The lowest BCUT2D eigenvalue weighted by Crippen LogP contribution is -2.33. The number of carbonyl (C=O) groups excluding carboxylic acids is 1. The monoisotopic (exact) mass is 273 g/mol. The number of carbonyl (C=O) groups is 1. The molecule has 0 N–H and O–H groups in total. The molecule has 1 aromatic rings. The topological polar surface area (TPSA) is 63.7 Å². The van der Waals surface area contributed by atoms with E-state index in [2.05, 4.69) is 0 Å². The molecule has 1 aliphatic rings. The van der Waals surface area contributed by atoms with E-state index in [9.17, 15) is 17.6 Å². The highest BCUT2D eigenvalue weighted by molar-refractivity contribution is 7.90. The largest absolute Gasteiger partial charge is 0.492 e. The summed E-state index contributed by atoms with van der Waals surface area (Å²) >= 11 is 0. The summed E-state index contributed by atoms with van der Waals surface area (Å²) in [4.78, 5) is 11.3. The van der Waals surface area contributed by atoms with Crippen LogP contribution in [0.3, 0.4) is 0 Å². The van der Waals surface area contributed by atoms with Gasteiger partial charge in [-0.1, -0.05) is 0 Å². The van der Waals surface area contributed by atoms with Gasteiger partial charge in [0.2, 0.25) is 15.9 Å². The maximum atomic E-state index is 12.6. The Morgan fingerprint density at radius 2 is 1.94 bits per heavy atom. The number of nitrogens with zero attached hydrogens (tertiary/aromatic N) is 1. The van der Waals surface area contributed by atoms with E-state index < -0.39 is 15.9 Å². The molecule has 0 aliphatic carbocycles. The quantitative estimate of drug-likeness (QED) is 0.812. The van der Waals surface area contributed by atoms with Gasteiger partial charge >= 0.3 is 0 Å². The van der Waals surface area contributed by atoms with Crippen LogP contribution in [0.15, 0.2) is 24.3 Å². The van der Waals surface area contributed by atoms with E-state index >= 15 is 0 Å². The van der Waals surface area contributed by atoms with Crippen LogP contribution in [0, 0.1) is 5.82 Å². The molecule has 1 aliphatic heterocycles. The molecule has 1 saturated heterocycles. The Morgan fingerprint density at radius 1 is 1.28 bits per heavy atom. The number of halogens is 1. The van der Waals surface area contributed by atoms with Crippen LogP contribution in [0.25, 0.3) is 0 Å². The first-order chi connectivity index (χ1) is 8.49. The van der Waals surface area contributed by atoms with Crippen molar-refractivity contribution in [1.82, 2.24) is 4.31 Å². The summed E-state index contributed by atoms with van der Waals surface area (Å²) in [7, 11) is -3.45. The summed E-state index contributed by atoms with van der Waals surface area (Å²) in [6.45, 7) is 0.0369. The summed E-state index contributed by atoms with van der Waals surface area (Å²) < 4.78 is 41.6. The van der Waals surface area contributed by atoms with Crippen LogP contribution in [0.5, 0.6) is 5.75 Å². The predicted octanol–water partition coefficient (Wildman–Crippen LogP) is 0.767. The molecule has 1 fully saturated rings. The Hall–Kier alpha value is -1.63. The minimum absolute atomic E-state index is 0.0153. The number of benzene rings is 1. The fourth-order valence-corrected chi connectivity index (χ4v) is 3.05. The molecule has 0 atom stereocenters. The van der Waals surface area contributed by atoms with Crippen LogP contribution in [0.4, 0.5) is 4.39 Å². The Kier molecular flexibility index (Phi) is 3.51. The second-order valence-electron chi connectivity index (χ2n) is 3.83. The number of ether oxygens (including phenoxy) is 1. The number of sulfonamides is 1. The second kappa shape index (κ2) is 4.93. The van der Waals surface area contributed by atoms with Crippen LogP contribution < -0.4 is 4.74 Å². The predicted molar refractivity (Wildman–Crippen MR) is 62.0 cm³/mol. The van der Waals surface area contributed by atoms with Crippen molar-refractivity contribution in [2.45, 2.75) is 6.42 Å². The highest BCUT2D eigenvalue weighted by atomic mass is 32.2. The zero-order valence-corrected chi connectivity index (χ0v) is 10.3. The second-order valence-corrected chi connectivity index (χ2v) is 5.85. The third-order valence-corrected chi connectivity index (χ3v) is 4.34. The lowest BCUT2D eigenvalue weighted by atomic mass is 10.3. The van der Waals surface area contributed by atoms with Gasteiger partial charge < -0.3 is 4.74 Å². The van der Waals surface area contributed by atoms with Crippen LogP contribution in [0.2, 0.25) is 0 Å². The number of hydrogen-bond donors (Lipinski definition) is 0. The molecule has 2 rings (SSSR count). The van der Waals surface area contributed by atoms with E-state index in [0.717, 1.165) is 4.31 Å². The molecular formula is C11H12FNO4S. The van der Waals surface area contributed by atoms with E-state index in [1.54, 1.807) is 0 Å². The van der Waals surface area contributed by atoms with Gasteiger partial charge in [0.25, 0.3) is 0 Å². The third-order valence-electron chi connectivity index (χ3n) is 2.56. The highest BCUT2D eigenvalue weighted by Gasteiger charge is 2.34. The van der Waals surface area contributed by atoms with Crippen molar-refractivity contribution < 1.29 is 22.3 Å². The van der Waals surface area contributed by atoms with Gasteiger partial charge in [-0.3, -0.25) is 4.79 Å². The summed E-state index contributed by atoms with van der Waals surface area (Å²) in [6, 6.07) is 5.37. The fourth-order valence-electron chi connectivity index (χ4n) is 1.65. The van der Waals surface area contributed by atoms with E-state index in [4.69, 9.17) is 4.74 Å². The van der Waals surface area contributed by atoms with Gasteiger partial charge in [-0.25, -0.2) is 17.1 Å². The molecule has 1 aromatic carbocycles. The van der Waals surface area contributed by atoms with E-state index in [0.29, 0.717) is 5.75 Å². The minimum Gasteiger partial charge on any atom is -0.492 e. The summed E-state index contributed by atoms with van der Waals surface area (Å²) in [5.41, 5.74) is 0. The summed E-state index contributed by atoms with van der Waals surface area (Å²) in [5.74, 6) is -0.486. The SMILES string of the molecule is O=C1CCS(=O)(=O)N1CCOc1ccc(F)cc1. The van der Waals surface area contributed by atoms with Crippen molar-refractivity contribution in [3.05, 3.63) is 30.1 Å². The Bertz CT molecular complexity index is 541. The van der Waals surface area contributed by atoms with Gasteiger partial charge in [0.05, 0.1) is 12.3 Å². The van der Waals surface area contributed by atoms with Crippen molar-refractivity contribution in [3.63, 3.8) is 0 Å². The lowest BCUT2D eigenvalue weighted by Gasteiger charge is -2.15. The Morgan fingerprint density at radius 3 is 2.50 bits per heavy atom. The van der Waals surface area contributed by atoms with Crippen LogP contribution in [-0.2, 0) is 14.8 Å². The molecule has 0 unspecified atom stereocenters. The van der Waals surface area contributed by atoms with Crippen molar-refractivity contribution in [2.75, 3.05) is 18.9 Å². The molecule has 1 heterocycles. The van der Waals surface area contributed by atoms with Crippen molar-refractivity contribution in [3.8, 4) is 5.75 Å². The van der Waals surface area contributed by atoms with Crippen LogP contribution >= 0.6 is 0 Å². The first-order valence-electron chi connectivity index (χ1n) is 5.41. The molecule has 0 aromatic heterocycles. The molecule has 18 heavy (non-hydrogen) atoms. The van der Waals surface area contributed by atoms with E-state index in [1.807, 2.05) is 0 Å². The van der Waals surface area contributed by atoms with Gasteiger partial charge in [0, 0.05) is 6.42 Å². The normalized spacial score (nSPS) is 18.1. The standard InChI is InChI=1S/C11H12FNO4S/c12-9-1-3-10(4-2-9)17-7-6-13-11(14)5-8-18(13,15)16/h1-4H,5-8H2. The molecule has 98 valence electrons. The average Bonchev–Trinajstić information content (AvgIpc) is 2.58. The third kappa shape index (κ3) is 2.79. The maximum Gasteiger partial charge on any atom is 0.237 e. The van der Waals surface area contributed by atoms with Crippen molar-refractivity contribution in [2.24, 2.45) is 0 Å². The number of rotatable bonds is 4. The number of hydrogen-bond acceptors (Lipinski definition) is 4. The molecular weight excluding hydrogens is 261 g/mol. The fraction of sp³-hybridized carbons (Fsp3) is 0.364. The summed E-state index contributed by atoms with van der Waals surface area (Å²) in [6.07, 6.45) is 0.0267. The lowest BCUT2D eigenvalue weighted by molar-refractivity contribution is -0.125. The van der Waals surface area contributed by atoms with Crippen LogP contribution in [-0.4, -0.2) is 37.5 Å². The summed E-state index contributed by atoms with van der Waals surface area (Å²) in [5, 5.41) is 0. The van der Waals surface area contributed by atoms with Gasteiger partial charge in [-0.05, 0) is 24.3 Å². The Balaban J connectivity index is 1.89. The highest BCUT2D eigenvalue weighted by Crippen LogP contribution is 2.15. The van der Waals surface area contributed by atoms with Crippen LogP contribution in [0.1, 0.15) is 6.42 Å². The molecule has 0 bridgehead atoms. The molecule has 5 nitrogen and oxygen atoms in total. The molecule has 0 saturated carbocycles. The first kappa shape index (κ1) is 12.8. The zero-order valence-electron chi connectivity index (χ0n) is 9.50. The smallest absolute Gasteiger partial charge is 0.237 e. The van der Waals surface area contributed by atoms with Crippen molar-refractivity contribution >= 4 is 15.9 Å². The molecule has 0 radical (unpaired) electrons. The van der Waals surface area contributed by atoms with Gasteiger partial charge in [-0.2, -0.15) is 0 Å². The number of amides is 1. The molecule has 7 heteroatoms. The zero-order chi connectivity index (χ0) is 13.2. The van der Waals surface area contributed by atoms with Gasteiger partial charge in [0.1, 0.15) is 18.2 Å². The minimum atomic E-state index is -3.45. The first-order valence-corrected chi connectivity index (χ1v) is 7.01. The maximum absolute atomic E-state index is 12.6. The van der Waals surface area contributed by atoms with Crippen molar-refractivity contribution in [1.29, 1.82) is 0 Å². The van der Waals surface area contributed by atoms with Gasteiger partial charge in [-0.15, -0.1) is 0 Å². The Labute approximate surface area is 104 Å². The molecule has 0 spiro atoms. The average molecular weight is 273 g/mol. The molecule has 1 amide bonds. The van der Waals surface area contributed by atoms with E-state index in [1.165, 1.54) is 24.3 Å². The van der Waals surface area contributed by atoms with E-state index in [-0.39, 0.29) is 31.1 Å².